The molecule has 0 aliphatic carbocycles. The van der Waals surface area contributed by atoms with Crippen LogP contribution in [0.25, 0.3) is 0 Å². The average molecular weight is 223 g/mol. The second-order valence-electron chi connectivity index (χ2n) is 4.08. The SMILES string of the molecule is C[NH+]1CCN(c2ccc([N+](=O)[O-])cn2)CC1. The fourth-order valence-electron chi connectivity index (χ4n) is 1.79. The van der Waals surface area contributed by atoms with Crippen LogP contribution in [-0.4, -0.2) is 43.1 Å². The highest BCUT2D eigenvalue weighted by atomic mass is 16.6. The number of nitrogens with zero attached hydrogens (tertiary/aromatic N) is 3. The molecule has 1 aromatic heterocycles. The molecule has 0 radical (unpaired) electrons. The van der Waals surface area contributed by atoms with Gasteiger partial charge in [0.05, 0.1) is 38.2 Å². The Morgan fingerprint density at radius 3 is 2.62 bits per heavy atom. The zero-order valence-electron chi connectivity index (χ0n) is 9.22. The number of aromatic nitrogens is 1. The van der Waals surface area contributed by atoms with Crippen LogP contribution in [0, 0.1) is 10.1 Å². The number of likely N-dealkylation sites (N-methyl/N-ethyl adjacent to an activating group) is 1. The smallest absolute Gasteiger partial charge is 0.287 e. The summed E-state index contributed by atoms with van der Waals surface area (Å²) >= 11 is 0. The van der Waals surface area contributed by atoms with Crippen molar-refractivity contribution in [2.75, 3.05) is 38.1 Å². The predicted octanol–water partition coefficient (Wildman–Crippen LogP) is -0.675. The van der Waals surface area contributed by atoms with Crippen molar-refractivity contribution < 1.29 is 9.82 Å². The Labute approximate surface area is 93.6 Å². The maximum atomic E-state index is 10.5. The summed E-state index contributed by atoms with van der Waals surface area (Å²) in [5.41, 5.74) is 0.0449. The fraction of sp³-hybridized carbons (Fsp3) is 0.500. The van der Waals surface area contributed by atoms with Crippen LogP contribution < -0.4 is 9.80 Å². The lowest BCUT2D eigenvalue weighted by molar-refractivity contribution is -0.880. The highest BCUT2D eigenvalue weighted by molar-refractivity contribution is 5.42. The first kappa shape index (κ1) is 10.8. The van der Waals surface area contributed by atoms with E-state index in [-0.39, 0.29) is 5.69 Å². The molecule has 16 heavy (non-hydrogen) atoms. The van der Waals surface area contributed by atoms with E-state index in [9.17, 15) is 10.1 Å². The van der Waals surface area contributed by atoms with E-state index in [0.717, 1.165) is 32.0 Å². The van der Waals surface area contributed by atoms with E-state index >= 15 is 0 Å². The molecule has 6 nitrogen and oxygen atoms in total. The zero-order chi connectivity index (χ0) is 11.5. The number of anilines is 1. The third kappa shape index (κ3) is 2.27. The molecule has 0 unspecified atom stereocenters. The number of nitrogens with one attached hydrogen (secondary N) is 1. The Morgan fingerprint density at radius 1 is 1.44 bits per heavy atom. The highest BCUT2D eigenvalue weighted by Gasteiger charge is 2.18. The van der Waals surface area contributed by atoms with Gasteiger partial charge in [-0.25, -0.2) is 4.98 Å². The summed E-state index contributed by atoms with van der Waals surface area (Å²) in [4.78, 5) is 17.9. The number of pyridine rings is 1. The molecule has 0 spiro atoms. The van der Waals surface area contributed by atoms with Gasteiger partial charge >= 0.3 is 0 Å². The lowest BCUT2D eigenvalue weighted by atomic mass is 10.3. The Hall–Kier alpha value is -1.69. The van der Waals surface area contributed by atoms with Gasteiger partial charge in [0.25, 0.3) is 5.69 Å². The second kappa shape index (κ2) is 4.44. The Kier molecular flexibility index (Phi) is 3.00. The van der Waals surface area contributed by atoms with Crippen LogP contribution in [0.5, 0.6) is 0 Å². The molecule has 0 bridgehead atoms. The topological polar surface area (TPSA) is 63.7 Å². The van der Waals surface area contributed by atoms with E-state index in [1.807, 2.05) is 0 Å². The van der Waals surface area contributed by atoms with Crippen LogP contribution in [-0.2, 0) is 0 Å². The Balaban J connectivity index is 2.07. The molecule has 86 valence electrons. The second-order valence-corrected chi connectivity index (χ2v) is 4.08. The summed E-state index contributed by atoms with van der Waals surface area (Å²) < 4.78 is 0. The van der Waals surface area contributed by atoms with Crippen molar-refractivity contribution in [3.05, 3.63) is 28.4 Å². The minimum atomic E-state index is -0.426. The van der Waals surface area contributed by atoms with E-state index in [2.05, 4.69) is 16.9 Å². The molecule has 0 amide bonds. The van der Waals surface area contributed by atoms with E-state index in [0.29, 0.717) is 0 Å². The minimum Gasteiger partial charge on any atom is -0.345 e. The van der Waals surface area contributed by atoms with E-state index < -0.39 is 4.92 Å². The van der Waals surface area contributed by atoms with Crippen molar-refractivity contribution in [1.29, 1.82) is 0 Å². The molecule has 2 heterocycles. The van der Waals surface area contributed by atoms with Crippen LogP contribution in [0.4, 0.5) is 11.5 Å². The third-order valence-corrected chi connectivity index (χ3v) is 2.88. The van der Waals surface area contributed by atoms with Gasteiger partial charge in [-0.05, 0) is 6.07 Å². The van der Waals surface area contributed by atoms with Crippen LogP contribution in [0.1, 0.15) is 0 Å². The number of quaternary nitrogens is 1. The van der Waals surface area contributed by atoms with Crippen LogP contribution in [0.3, 0.4) is 0 Å². The molecule has 6 heteroatoms. The average Bonchev–Trinajstić information content (AvgIpc) is 2.30. The third-order valence-electron chi connectivity index (χ3n) is 2.88. The summed E-state index contributed by atoms with van der Waals surface area (Å²) in [6.07, 6.45) is 1.32. The molecule has 1 aliphatic heterocycles. The van der Waals surface area contributed by atoms with E-state index in [4.69, 9.17) is 0 Å². The van der Waals surface area contributed by atoms with Gasteiger partial charge in [-0.15, -0.1) is 0 Å². The lowest BCUT2D eigenvalue weighted by Crippen LogP contribution is -3.12. The normalized spacial score (nSPS) is 17.4. The van der Waals surface area contributed by atoms with E-state index in [1.165, 1.54) is 17.2 Å². The molecular formula is C10H15N4O2+. The maximum Gasteiger partial charge on any atom is 0.287 e. The summed E-state index contributed by atoms with van der Waals surface area (Å²) in [5.74, 6) is 0.832. The number of hydrogen-bond acceptors (Lipinski definition) is 4. The first-order valence-corrected chi connectivity index (χ1v) is 5.33. The van der Waals surface area contributed by atoms with Gasteiger partial charge in [-0.1, -0.05) is 0 Å². The van der Waals surface area contributed by atoms with Gasteiger partial charge in [-0.3, -0.25) is 10.1 Å². The molecule has 1 saturated heterocycles. The Morgan fingerprint density at radius 2 is 2.12 bits per heavy atom. The predicted molar refractivity (Wildman–Crippen MR) is 59.7 cm³/mol. The molecule has 1 fully saturated rings. The molecule has 1 aliphatic rings. The summed E-state index contributed by atoms with van der Waals surface area (Å²) in [7, 11) is 2.17. The quantitative estimate of drug-likeness (QED) is 0.533. The van der Waals surface area contributed by atoms with Crippen molar-refractivity contribution in [3.8, 4) is 0 Å². The van der Waals surface area contributed by atoms with Crippen molar-refractivity contribution >= 4 is 11.5 Å². The molecule has 1 aromatic rings. The number of rotatable bonds is 2. The lowest BCUT2D eigenvalue weighted by Gasteiger charge is -2.30. The fourth-order valence-corrected chi connectivity index (χ4v) is 1.79. The zero-order valence-corrected chi connectivity index (χ0v) is 9.22. The van der Waals surface area contributed by atoms with Gasteiger partial charge in [0.2, 0.25) is 0 Å². The minimum absolute atomic E-state index is 0.0449. The molecule has 0 saturated carbocycles. The maximum absolute atomic E-state index is 10.5. The van der Waals surface area contributed by atoms with Gasteiger partial charge in [0, 0.05) is 6.07 Å². The molecule has 0 aromatic carbocycles. The Bertz CT molecular complexity index is 371. The van der Waals surface area contributed by atoms with Crippen molar-refractivity contribution in [1.82, 2.24) is 4.98 Å². The van der Waals surface area contributed by atoms with Gasteiger partial charge in [0.1, 0.15) is 12.0 Å². The van der Waals surface area contributed by atoms with Gasteiger partial charge in [-0.2, -0.15) is 0 Å². The number of piperazine rings is 1. The number of nitro groups is 1. The van der Waals surface area contributed by atoms with Crippen molar-refractivity contribution in [2.45, 2.75) is 0 Å². The first-order chi connectivity index (χ1) is 7.66. The molecular weight excluding hydrogens is 208 g/mol. The standard InChI is InChI=1S/C10H14N4O2/c1-12-4-6-13(7-5-12)10-3-2-9(8-11-10)14(15)16/h2-3,8H,4-7H2,1H3/p+1. The summed E-state index contributed by atoms with van der Waals surface area (Å²) in [6, 6.07) is 3.23. The number of hydrogen-bond donors (Lipinski definition) is 1. The largest absolute Gasteiger partial charge is 0.345 e. The van der Waals surface area contributed by atoms with Crippen molar-refractivity contribution in [3.63, 3.8) is 0 Å². The molecule has 0 atom stereocenters. The van der Waals surface area contributed by atoms with Crippen LogP contribution >= 0.6 is 0 Å². The van der Waals surface area contributed by atoms with Crippen molar-refractivity contribution in [2.24, 2.45) is 0 Å². The van der Waals surface area contributed by atoms with E-state index in [1.54, 1.807) is 6.07 Å². The molecule has 2 rings (SSSR count). The monoisotopic (exact) mass is 223 g/mol. The molecule has 1 N–H and O–H groups in total. The highest BCUT2D eigenvalue weighted by Crippen LogP contribution is 2.15. The summed E-state index contributed by atoms with van der Waals surface area (Å²) in [6.45, 7) is 4.07. The van der Waals surface area contributed by atoms with Gasteiger partial charge < -0.3 is 9.80 Å². The van der Waals surface area contributed by atoms with Crippen LogP contribution in [0.15, 0.2) is 18.3 Å². The van der Waals surface area contributed by atoms with Gasteiger partial charge in [0.15, 0.2) is 0 Å². The van der Waals surface area contributed by atoms with Crippen LogP contribution in [0.2, 0.25) is 0 Å². The first-order valence-electron chi connectivity index (χ1n) is 5.33. The summed E-state index contributed by atoms with van der Waals surface area (Å²) in [5, 5.41) is 10.5.